The number of nitrogens with two attached hydrogens (primary N) is 1. The number of piperazine rings is 1. The Morgan fingerprint density at radius 3 is 2.18 bits per heavy atom. The molecule has 1 aliphatic carbocycles. The zero-order valence-electron chi connectivity index (χ0n) is 13.1. The molecule has 4 heteroatoms. The highest BCUT2D eigenvalue weighted by Crippen LogP contribution is 2.20. The Morgan fingerprint density at radius 1 is 0.909 bits per heavy atom. The van der Waals surface area contributed by atoms with Gasteiger partial charge in [0.15, 0.2) is 5.78 Å². The number of nitrogens with zero attached hydrogens (tertiary/aromatic N) is 2. The lowest BCUT2D eigenvalue weighted by Gasteiger charge is -2.35. The fraction of sp³-hybridized carbons (Fsp3) is 0.500. The Morgan fingerprint density at radius 2 is 1.55 bits per heavy atom. The molecule has 0 saturated carbocycles. The van der Waals surface area contributed by atoms with Crippen molar-refractivity contribution in [3.8, 4) is 0 Å². The van der Waals surface area contributed by atoms with Crippen molar-refractivity contribution in [1.82, 2.24) is 9.80 Å². The number of hydrogen-bond acceptors (Lipinski definition) is 4. The van der Waals surface area contributed by atoms with E-state index in [-0.39, 0.29) is 5.78 Å². The van der Waals surface area contributed by atoms with Crippen LogP contribution >= 0.6 is 0 Å². The van der Waals surface area contributed by atoms with Crippen LogP contribution in [0.1, 0.15) is 24.8 Å². The minimum absolute atomic E-state index is 0.260. The summed E-state index contributed by atoms with van der Waals surface area (Å²) < 4.78 is 0. The lowest BCUT2D eigenvalue weighted by atomic mass is 9.94. The fourth-order valence-electron chi connectivity index (χ4n) is 3.28. The van der Waals surface area contributed by atoms with E-state index in [0.717, 1.165) is 63.4 Å². The number of Topliss-reactive ketones (excluding diaryl/α,β-unsaturated/α-hetero) is 1. The van der Waals surface area contributed by atoms with Gasteiger partial charge in [-0.2, -0.15) is 0 Å². The largest absolute Gasteiger partial charge is 0.402 e. The molecular formula is C18H25N3O. The van der Waals surface area contributed by atoms with Crippen molar-refractivity contribution in [3.05, 3.63) is 47.2 Å². The lowest BCUT2D eigenvalue weighted by molar-refractivity contribution is -0.116. The Bertz CT molecular complexity index is 545. The van der Waals surface area contributed by atoms with Crippen molar-refractivity contribution in [2.45, 2.75) is 25.8 Å². The Hall–Kier alpha value is -1.65. The summed E-state index contributed by atoms with van der Waals surface area (Å²) in [4.78, 5) is 16.9. The maximum atomic E-state index is 12.0. The molecule has 1 aliphatic heterocycles. The van der Waals surface area contributed by atoms with E-state index in [0.29, 0.717) is 6.42 Å². The number of carbonyl (C=O) groups is 1. The van der Waals surface area contributed by atoms with Gasteiger partial charge in [-0.15, -0.1) is 0 Å². The summed E-state index contributed by atoms with van der Waals surface area (Å²) in [5.41, 5.74) is 9.10. The molecule has 0 unspecified atom stereocenters. The predicted molar refractivity (Wildman–Crippen MR) is 88.2 cm³/mol. The molecule has 0 atom stereocenters. The molecule has 0 aromatic heterocycles. The van der Waals surface area contributed by atoms with Crippen molar-refractivity contribution >= 4 is 5.78 Å². The van der Waals surface area contributed by atoms with Gasteiger partial charge >= 0.3 is 0 Å². The van der Waals surface area contributed by atoms with Gasteiger partial charge < -0.3 is 5.73 Å². The van der Waals surface area contributed by atoms with Crippen LogP contribution in [-0.2, 0) is 11.3 Å². The van der Waals surface area contributed by atoms with Crippen molar-refractivity contribution < 1.29 is 4.79 Å². The third kappa shape index (κ3) is 3.76. The number of hydrogen-bond donors (Lipinski definition) is 1. The first-order chi connectivity index (χ1) is 10.7. The molecule has 0 amide bonds. The molecule has 1 saturated heterocycles. The minimum Gasteiger partial charge on any atom is -0.402 e. The van der Waals surface area contributed by atoms with Crippen LogP contribution in [0.3, 0.4) is 0 Å². The Kier molecular flexibility index (Phi) is 4.90. The van der Waals surface area contributed by atoms with Gasteiger partial charge in [0.2, 0.25) is 0 Å². The van der Waals surface area contributed by atoms with Gasteiger partial charge in [0.25, 0.3) is 0 Å². The van der Waals surface area contributed by atoms with Crippen molar-refractivity contribution in [2.75, 3.05) is 32.7 Å². The zero-order valence-corrected chi connectivity index (χ0v) is 13.1. The summed E-state index contributed by atoms with van der Waals surface area (Å²) in [7, 11) is 0. The van der Waals surface area contributed by atoms with Crippen LogP contribution in [0, 0.1) is 0 Å². The maximum Gasteiger partial charge on any atom is 0.161 e. The molecule has 1 aromatic rings. The van der Waals surface area contributed by atoms with Crippen LogP contribution in [0.15, 0.2) is 41.6 Å². The molecule has 0 bridgehead atoms. The Balaban J connectivity index is 1.51. The molecule has 2 N–H and O–H groups in total. The number of rotatable bonds is 4. The van der Waals surface area contributed by atoms with E-state index < -0.39 is 0 Å². The first-order valence-corrected chi connectivity index (χ1v) is 8.22. The Labute approximate surface area is 132 Å². The van der Waals surface area contributed by atoms with Crippen LogP contribution in [0.4, 0.5) is 0 Å². The molecule has 4 nitrogen and oxygen atoms in total. The second kappa shape index (κ2) is 7.07. The summed E-state index contributed by atoms with van der Waals surface area (Å²) >= 11 is 0. The topological polar surface area (TPSA) is 49.6 Å². The molecule has 0 radical (unpaired) electrons. The number of allylic oxidation sites excluding steroid dienone is 1. The molecular weight excluding hydrogens is 274 g/mol. The van der Waals surface area contributed by atoms with Gasteiger partial charge in [-0.25, -0.2) is 0 Å². The summed E-state index contributed by atoms with van der Waals surface area (Å²) in [5, 5.41) is 0. The molecule has 1 heterocycles. The minimum atomic E-state index is 0.260. The molecule has 22 heavy (non-hydrogen) atoms. The summed E-state index contributed by atoms with van der Waals surface area (Å²) in [6, 6.07) is 10.6. The first-order valence-electron chi connectivity index (χ1n) is 8.22. The fourth-order valence-corrected chi connectivity index (χ4v) is 3.28. The van der Waals surface area contributed by atoms with Crippen LogP contribution < -0.4 is 5.73 Å². The maximum absolute atomic E-state index is 12.0. The van der Waals surface area contributed by atoms with Crippen molar-refractivity contribution in [2.24, 2.45) is 5.73 Å². The summed E-state index contributed by atoms with van der Waals surface area (Å²) in [6.45, 7) is 5.88. The van der Waals surface area contributed by atoms with Gasteiger partial charge in [-0.3, -0.25) is 14.6 Å². The highest BCUT2D eigenvalue weighted by Gasteiger charge is 2.23. The van der Waals surface area contributed by atoms with Gasteiger partial charge in [0.1, 0.15) is 0 Å². The molecule has 3 rings (SSSR count). The van der Waals surface area contributed by atoms with E-state index >= 15 is 0 Å². The lowest BCUT2D eigenvalue weighted by Crippen LogP contribution is -2.47. The highest BCUT2D eigenvalue weighted by molar-refractivity contribution is 5.97. The van der Waals surface area contributed by atoms with Crippen molar-refractivity contribution in [3.63, 3.8) is 0 Å². The molecule has 0 spiro atoms. The summed E-state index contributed by atoms with van der Waals surface area (Å²) in [5.74, 6) is 0.260. The third-order valence-electron chi connectivity index (χ3n) is 4.67. The average molecular weight is 299 g/mol. The van der Waals surface area contributed by atoms with E-state index in [4.69, 9.17) is 5.73 Å². The van der Waals surface area contributed by atoms with E-state index in [2.05, 4.69) is 40.1 Å². The van der Waals surface area contributed by atoms with Gasteiger partial charge in [-0.05, 0) is 18.4 Å². The number of ketones is 1. The van der Waals surface area contributed by atoms with Crippen molar-refractivity contribution in [1.29, 1.82) is 0 Å². The van der Waals surface area contributed by atoms with Crippen LogP contribution in [-0.4, -0.2) is 48.3 Å². The standard InChI is InChI=1S/C18H25N3O/c19-17-7-4-8-18(22)16(17)14-21-11-9-20(10-12-21)13-15-5-2-1-3-6-15/h1-3,5-6H,4,7-14,19H2. The molecule has 1 fully saturated rings. The number of carbonyl (C=O) groups excluding carboxylic acids is 1. The van der Waals surface area contributed by atoms with E-state index in [9.17, 15) is 4.79 Å². The van der Waals surface area contributed by atoms with Gasteiger partial charge in [0, 0.05) is 57.0 Å². The van der Waals surface area contributed by atoms with E-state index in [1.807, 2.05) is 0 Å². The normalized spacial score (nSPS) is 21.4. The van der Waals surface area contributed by atoms with Crippen LogP contribution in [0.2, 0.25) is 0 Å². The van der Waals surface area contributed by atoms with Gasteiger partial charge in [-0.1, -0.05) is 30.3 Å². The monoisotopic (exact) mass is 299 g/mol. The average Bonchev–Trinajstić information content (AvgIpc) is 2.54. The van der Waals surface area contributed by atoms with Gasteiger partial charge in [0.05, 0.1) is 0 Å². The second-order valence-corrected chi connectivity index (χ2v) is 6.32. The van der Waals surface area contributed by atoms with Crippen LogP contribution in [0.5, 0.6) is 0 Å². The summed E-state index contributed by atoms with van der Waals surface area (Å²) in [6.07, 6.45) is 2.47. The molecule has 118 valence electrons. The zero-order chi connectivity index (χ0) is 15.4. The first kappa shape index (κ1) is 15.3. The highest BCUT2D eigenvalue weighted by atomic mass is 16.1. The van der Waals surface area contributed by atoms with E-state index in [1.54, 1.807) is 0 Å². The number of benzene rings is 1. The molecule has 2 aliphatic rings. The van der Waals surface area contributed by atoms with Crippen LogP contribution in [0.25, 0.3) is 0 Å². The quantitative estimate of drug-likeness (QED) is 0.920. The molecule has 1 aromatic carbocycles. The predicted octanol–water partition coefficient (Wildman–Crippen LogP) is 1.77. The SMILES string of the molecule is NC1=C(CN2CCN(Cc3ccccc3)CC2)C(=O)CCC1. The van der Waals surface area contributed by atoms with E-state index in [1.165, 1.54) is 5.56 Å². The third-order valence-corrected chi connectivity index (χ3v) is 4.67. The smallest absolute Gasteiger partial charge is 0.161 e. The second-order valence-electron chi connectivity index (χ2n) is 6.32.